The van der Waals surface area contributed by atoms with Gasteiger partial charge in [0.2, 0.25) is 0 Å². The maximum Gasteiger partial charge on any atom is 0.190 e. The van der Waals surface area contributed by atoms with E-state index in [-0.39, 0.29) is 18.2 Å². The van der Waals surface area contributed by atoms with Crippen LogP contribution in [0.2, 0.25) is 0 Å². The van der Waals surface area contributed by atoms with Crippen molar-refractivity contribution in [3.05, 3.63) is 29.3 Å². The molecule has 0 atom stereocenters. The molecule has 1 aromatic carbocycles. The molecule has 0 heterocycles. The van der Waals surface area contributed by atoms with Gasteiger partial charge in [0.1, 0.15) is 6.61 Å². The molecule has 1 aromatic rings. The van der Waals surface area contributed by atoms with Crippen LogP contribution in [0, 0.1) is 11.6 Å². The van der Waals surface area contributed by atoms with Crippen molar-refractivity contribution in [1.29, 1.82) is 0 Å². The molecule has 0 spiro atoms. The van der Waals surface area contributed by atoms with Gasteiger partial charge in [-0.3, -0.25) is 0 Å². The third-order valence-electron chi connectivity index (χ3n) is 1.89. The van der Waals surface area contributed by atoms with Crippen molar-refractivity contribution >= 4 is 11.6 Å². The monoisotopic (exact) mass is 250 g/mol. The number of rotatable bonds is 6. The van der Waals surface area contributed by atoms with E-state index in [0.717, 1.165) is 12.1 Å². The topological polar surface area (TPSA) is 18.5 Å². The lowest BCUT2D eigenvalue weighted by molar-refractivity contribution is 0.107. The molecule has 0 saturated heterocycles. The van der Waals surface area contributed by atoms with E-state index in [1.54, 1.807) is 0 Å². The second-order valence-electron chi connectivity index (χ2n) is 3.07. The van der Waals surface area contributed by atoms with E-state index in [9.17, 15) is 8.78 Å². The molecule has 0 aliphatic heterocycles. The quantitative estimate of drug-likeness (QED) is 0.571. The molecular weight excluding hydrogens is 238 g/mol. The van der Waals surface area contributed by atoms with Crippen LogP contribution in [0.1, 0.15) is 12.5 Å². The first-order chi connectivity index (χ1) is 7.69. The predicted molar refractivity (Wildman–Crippen MR) is 57.9 cm³/mol. The number of halogens is 3. The van der Waals surface area contributed by atoms with E-state index in [4.69, 9.17) is 21.1 Å². The zero-order valence-electron chi connectivity index (χ0n) is 8.93. The summed E-state index contributed by atoms with van der Waals surface area (Å²) in [5.74, 6) is -1.81. The average molecular weight is 251 g/mol. The molecular formula is C11H13ClF2O2. The molecule has 0 radical (unpaired) electrons. The van der Waals surface area contributed by atoms with Gasteiger partial charge in [-0.1, -0.05) is 0 Å². The van der Waals surface area contributed by atoms with E-state index in [2.05, 4.69) is 0 Å². The zero-order chi connectivity index (χ0) is 12.0. The van der Waals surface area contributed by atoms with Gasteiger partial charge in [0, 0.05) is 12.5 Å². The van der Waals surface area contributed by atoms with E-state index in [0.29, 0.717) is 18.8 Å². The van der Waals surface area contributed by atoms with Gasteiger partial charge in [-0.05, 0) is 24.6 Å². The summed E-state index contributed by atoms with van der Waals surface area (Å²) in [6, 6.07) is 2.32. The van der Waals surface area contributed by atoms with Crippen LogP contribution in [0.4, 0.5) is 8.78 Å². The first-order valence-corrected chi connectivity index (χ1v) is 5.47. The Labute approximate surface area is 98.1 Å². The Morgan fingerprint density at radius 1 is 1.19 bits per heavy atom. The minimum Gasteiger partial charge on any atom is -0.485 e. The molecule has 0 aliphatic rings. The molecule has 0 N–H and O–H groups in total. The maximum absolute atomic E-state index is 13.3. The number of hydrogen-bond acceptors (Lipinski definition) is 2. The fourth-order valence-electron chi connectivity index (χ4n) is 1.17. The molecule has 0 fully saturated rings. The lowest BCUT2D eigenvalue weighted by Gasteiger charge is -2.09. The molecule has 0 aromatic heterocycles. The fraction of sp³-hybridized carbons (Fsp3) is 0.455. The zero-order valence-corrected chi connectivity index (χ0v) is 9.69. The van der Waals surface area contributed by atoms with Gasteiger partial charge in [-0.15, -0.1) is 11.6 Å². The maximum atomic E-state index is 13.3. The minimum absolute atomic E-state index is 0.0626. The van der Waals surface area contributed by atoms with Crippen molar-refractivity contribution in [3.63, 3.8) is 0 Å². The smallest absolute Gasteiger partial charge is 0.190 e. The normalized spacial score (nSPS) is 10.5. The Balaban J connectivity index is 2.65. The van der Waals surface area contributed by atoms with E-state index >= 15 is 0 Å². The Morgan fingerprint density at radius 3 is 2.31 bits per heavy atom. The summed E-state index contributed by atoms with van der Waals surface area (Å²) >= 11 is 5.47. The third-order valence-corrected chi connectivity index (χ3v) is 2.20. The summed E-state index contributed by atoms with van der Waals surface area (Å²) in [5, 5.41) is 0. The first kappa shape index (κ1) is 13.2. The first-order valence-electron chi connectivity index (χ1n) is 4.93. The van der Waals surface area contributed by atoms with Gasteiger partial charge in [0.05, 0.1) is 6.61 Å². The number of hydrogen-bond donors (Lipinski definition) is 0. The summed E-state index contributed by atoms with van der Waals surface area (Å²) in [6.07, 6.45) is 0. The Bertz CT molecular complexity index is 322. The van der Waals surface area contributed by atoms with Crippen LogP contribution in [0.5, 0.6) is 5.75 Å². The van der Waals surface area contributed by atoms with Gasteiger partial charge >= 0.3 is 0 Å². The highest BCUT2D eigenvalue weighted by molar-refractivity contribution is 6.17. The van der Waals surface area contributed by atoms with Gasteiger partial charge in [-0.25, -0.2) is 8.78 Å². The Hall–Kier alpha value is -0.870. The summed E-state index contributed by atoms with van der Waals surface area (Å²) < 4.78 is 36.6. The third kappa shape index (κ3) is 3.61. The number of ether oxygens (including phenoxy) is 2. The van der Waals surface area contributed by atoms with Gasteiger partial charge in [-0.2, -0.15) is 0 Å². The summed E-state index contributed by atoms with van der Waals surface area (Å²) in [6.45, 7) is 2.78. The van der Waals surface area contributed by atoms with E-state index < -0.39 is 11.6 Å². The highest BCUT2D eigenvalue weighted by Crippen LogP contribution is 2.23. The molecule has 0 bridgehead atoms. The largest absolute Gasteiger partial charge is 0.485 e. The Morgan fingerprint density at radius 2 is 1.81 bits per heavy atom. The molecule has 16 heavy (non-hydrogen) atoms. The van der Waals surface area contributed by atoms with Crippen molar-refractivity contribution in [2.24, 2.45) is 0 Å². The van der Waals surface area contributed by atoms with Crippen LogP contribution < -0.4 is 4.74 Å². The van der Waals surface area contributed by atoms with Crippen LogP contribution in [0.15, 0.2) is 12.1 Å². The highest BCUT2D eigenvalue weighted by atomic mass is 35.5. The molecule has 0 unspecified atom stereocenters. The fourth-order valence-corrected chi connectivity index (χ4v) is 1.33. The van der Waals surface area contributed by atoms with Crippen LogP contribution in [0.25, 0.3) is 0 Å². The van der Waals surface area contributed by atoms with Crippen LogP contribution in [-0.4, -0.2) is 19.8 Å². The van der Waals surface area contributed by atoms with Crippen LogP contribution >= 0.6 is 11.6 Å². The van der Waals surface area contributed by atoms with Crippen molar-refractivity contribution in [1.82, 2.24) is 0 Å². The summed E-state index contributed by atoms with van der Waals surface area (Å²) in [7, 11) is 0. The second kappa shape index (κ2) is 6.66. The molecule has 1 rings (SSSR count). The van der Waals surface area contributed by atoms with Crippen molar-refractivity contribution in [2.75, 3.05) is 19.8 Å². The lowest BCUT2D eigenvalue weighted by atomic mass is 10.2. The predicted octanol–water partition coefficient (Wildman–Crippen LogP) is 3.12. The van der Waals surface area contributed by atoms with Crippen LogP contribution in [-0.2, 0) is 10.6 Å². The number of benzene rings is 1. The minimum atomic E-state index is -0.743. The highest BCUT2D eigenvalue weighted by Gasteiger charge is 2.12. The average Bonchev–Trinajstić information content (AvgIpc) is 2.26. The van der Waals surface area contributed by atoms with Crippen LogP contribution in [0.3, 0.4) is 0 Å². The summed E-state index contributed by atoms with van der Waals surface area (Å²) in [5.41, 5.74) is 0.383. The van der Waals surface area contributed by atoms with Crippen molar-refractivity contribution < 1.29 is 18.3 Å². The second-order valence-corrected chi connectivity index (χ2v) is 3.33. The van der Waals surface area contributed by atoms with Gasteiger partial charge < -0.3 is 9.47 Å². The van der Waals surface area contributed by atoms with E-state index in [1.165, 1.54) is 0 Å². The van der Waals surface area contributed by atoms with Crippen molar-refractivity contribution in [3.8, 4) is 5.75 Å². The lowest BCUT2D eigenvalue weighted by Crippen LogP contribution is -2.08. The molecule has 0 amide bonds. The summed E-state index contributed by atoms with van der Waals surface area (Å²) in [4.78, 5) is 0. The SMILES string of the molecule is CCOCCOc1c(F)cc(CCl)cc1F. The standard InChI is InChI=1S/C11H13ClF2O2/c1-2-15-3-4-16-11-9(13)5-8(7-12)6-10(11)14/h5-6H,2-4,7H2,1H3. The molecule has 5 heteroatoms. The van der Waals surface area contributed by atoms with Gasteiger partial charge in [0.15, 0.2) is 17.4 Å². The Kier molecular flexibility index (Phi) is 5.49. The molecule has 0 aliphatic carbocycles. The molecule has 90 valence electrons. The van der Waals surface area contributed by atoms with E-state index in [1.807, 2.05) is 6.92 Å². The number of alkyl halides is 1. The molecule has 0 saturated carbocycles. The molecule has 2 nitrogen and oxygen atoms in total. The van der Waals surface area contributed by atoms with Crippen molar-refractivity contribution in [2.45, 2.75) is 12.8 Å². The van der Waals surface area contributed by atoms with Gasteiger partial charge in [0.25, 0.3) is 0 Å².